The van der Waals surface area contributed by atoms with Gasteiger partial charge in [0.2, 0.25) is 0 Å². The highest BCUT2D eigenvalue weighted by atomic mass is 35.5. The average molecular weight is 257 g/mol. The molecule has 2 aromatic carbocycles. The topological polar surface area (TPSA) is 0 Å². The van der Waals surface area contributed by atoms with Gasteiger partial charge in [-0.15, -0.1) is 0 Å². The second-order valence-corrected chi connectivity index (χ2v) is 4.30. The molecule has 75 valence electrons. The van der Waals surface area contributed by atoms with Gasteiger partial charge in [-0.05, 0) is 29.8 Å². The molecule has 0 N–H and O–H groups in total. The van der Waals surface area contributed by atoms with E-state index in [0.29, 0.717) is 15.1 Å². The van der Waals surface area contributed by atoms with Crippen LogP contribution >= 0.6 is 34.8 Å². The molecule has 0 atom stereocenters. The molecule has 0 spiro atoms. The summed E-state index contributed by atoms with van der Waals surface area (Å²) in [4.78, 5) is 0. The fourth-order valence-electron chi connectivity index (χ4n) is 1.32. The first-order chi connectivity index (χ1) is 7.16. The van der Waals surface area contributed by atoms with Crippen molar-refractivity contribution in [3.63, 3.8) is 0 Å². The van der Waals surface area contributed by atoms with Gasteiger partial charge in [-0.3, -0.25) is 0 Å². The van der Waals surface area contributed by atoms with Crippen LogP contribution in [0.2, 0.25) is 15.1 Å². The first-order valence-corrected chi connectivity index (χ1v) is 5.43. The molecule has 0 nitrogen and oxygen atoms in total. The van der Waals surface area contributed by atoms with Crippen LogP contribution in [0, 0.1) is 6.07 Å². The molecule has 0 aliphatic carbocycles. The Hall–Kier alpha value is -0.690. The van der Waals surface area contributed by atoms with Crippen molar-refractivity contribution in [1.29, 1.82) is 0 Å². The van der Waals surface area contributed by atoms with Gasteiger partial charge < -0.3 is 0 Å². The van der Waals surface area contributed by atoms with Gasteiger partial charge in [0.05, 0.1) is 0 Å². The van der Waals surface area contributed by atoms with Gasteiger partial charge in [0.25, 0.3) is 0 Å². The fourth-order valence-corrected chi connectivity index (χ4v) is 1.90. The number of rotatable bonds is 1. The highest BCUT2D eigenvalue weighted by Gasteiger charge is 2.04. The largest absolute Gasteiger partial charge is 0.0843 e. The van der Waals surface area contributed by atoms with Crippen LogP contribution in [0.1, 0.15) is 0 Å². The van der Waals surface area contributed by atoms with E-state index in [0.717, 1.165) is 11.1 Å². The van der Waals surface area contributed by atoms with Crippen molar-refractivity contribution in [2.24, 2.45) is 0 Å². The first-order valence-electron chi connectivity index (χ1n) is 4.29. The zero-order chi connectivity index (χ0) is 10.8. The molecule has 3 heteroatoms. The molecule has 2 rings (SSSR count). The van der Waals surface area contributed by atoms with Gasteiger partial charge in [0.15, 0.2) is 0 Å². The highest BCUT2D eigenvalue weighted by Crippen LogP contribution is 2.31. The molecule has 0 bridgehead atoms. The van der Waals surface area contributed by atoms with E-state index in [2.05, 4.69) is 6.07 Å². The van der Waals surface area contributed by atoms with E-state index in [1.54, 1.807) is 24.3 Å². The molecule has 0 aliphatic rings. The third kappa shape index (κ3) is 2.46. The predicted octanol–water partition coefficient (Wildman–Crippen LogP) is 5.11. The lowest BCUT2D eigenvalue weighted by atomic mass is 10.1. The Bertz CT molecular complexity index is 492. The molecule has 15 heavy (non-hydrogen) atoms. The lowest BCUT2D eigenvalue weighted by Gasteiger charge is -2.05. The minimum atomic E-state index is 0.559. The van der Waals surface area contributed by atoms with Crippen LogP contribution < -0.4 is 0 Å². The number of benzene rings is 2. The van der Waals surface area contributed by atoms with Gasteiger partial charge >= 0.3 is 0 Å². The van der Waals surface area contributed by atoms with E-state index >= 15 is 0 Å². The molecule has 1 radical (unpaired) electrons. The number of hydrogen-bond donors (Lipinski definition) is 0. The summed E-state index contributed by atoms with van der Waals surface area (Å²) in [6.45, 7) is 0. The van der Waals surface area contributed by atoms with Gasteiger partial charge in [-0.2, -0.15) is 0 Å². The minimum absolute atomic E-state index is 0.559. The summed E-state index contributed by atoms with van der Waals surface area (Å²) in [5.74, 6) is 0. The van der Waals surface area contributed by atoms with Crippen molar-refractivity contribution in [2.75, 3.05) is 0 Å². The Morgan fingerprint density at radius 2 is 1.73 bits per heavy atom. The maximum Gasteiger partial charge on any atom is 0.0491 e. The SMILES string of the molecule is Clc1[c]ccc(-c2cc(Cl)ccc2Cl)c1. The molecule has 0 amide bonds. The molecule has 2 aromatic rings. The Kier molecular flexibility index (Phi) is 3.20. The van der Waals surface area contributed by atoms with Gasteiger partial charge in [0, 0.05) is 26.7 Å². The second-order valence-electron chi connectivity index (χ2n) is 3.05. The van der Waals surface area contributed by atoms with Crippen molar-refractivity contribution in [1.82, 2.24) is 0 Å². The maximum absolute atomic E-state index is 6.07. The monoisotopic (exact) mass is 255 g/mol. The number of halogens is 3. The summed E-state index contributed by atoms with van der Waals surface area (Å²) in [5.41, 5.74) is 1.81. The third-order valence-electron chi connectivity index (χ3n) is 2.01. The molecular weight excluding hydrogens is 250 g/mol. The standard InChI is InChI=1S/C12H6Cl3/c13-9-3-1-2-8(6-9)11-7-10(14)4-5-12(11)15/h1-2,4-7H. The summed E-state index contributed by atoms with van der Waals surface area (Å²) in [6, 6.07) is 13.7. The van der Waals surface area contributed by atoms with Crippen molar-refractivity contribution >= 4 is 34.8 Å². The van der Waals surface area contributed by atoms with Crippen LogP contribution in [0.15, 0.2) is 36.4 Å². The smallest absolute Gasteiger partial charge is 0.0491 e. The van der Waals surface area contributed by atoms with Crippen molar-refractivity contribution in [3.8, 4) is 11.1 Å². The zero-order valence-corrected chi connectivity index (χ0v) is 9.87. The summed E-state index contributed by atoms with van der Waals surface area (Å²) in [7, 11) is 0. The minimum Gasteiger partial charge on any atom is -0.0843 e. The first kappa shape index (κ1) is 10.8. The summed E-state index contributed by atoms with van der Waals surface area (Å²) in [6.07, 6.45) is 0. The summed E-state index contributed by atoms with van der Waals surface area (Å²) in [5, 5.41) is 1.86. The molecule has 0 aliphatic heterocycles. The Labute approximate surface area is 103 Å². The lowest BCUT2D eigenvalue weighted by Crippen LogP contribution is -1.79. The van der Waals surface area contributed by atoms with Crippen LogP contribution in [0.25, 0.3) is 11.1 Å². The van der Waals surface area contributed by atoms with Crippen LogP contribution in [-0.4, -0.2) is 0 Å². The van der Waals surface area contributed by atoms with E-state index in [1.807, 2.05) is 12.1 Å². The molecule has 0 saturated carbocycles. The predicted molar refractivity (Wildman–Crippen MR) is 65.7 cm³/mol. The fraction of sp³-hybridized carbons (Fsp3) is 0. The normalized spacial score (nSPS) is 10.3. The second kappa shape index (κ2) is 4.44. The lowest BCUT2D eigenvalue weighted by molar-refractivity contribution is 1.61. The van der Waals surface area contributed by atoms with E-state index < -0.39 is 0 Å². The van der Waals surface area contributed by atoms with Crippen LogP contribution in [0.3, 0.4) is 0 Å². The van der Waals surface area contributed by atoms with Gasteiger partial charge in [0.1, 0.15) is 0 Å². The molecule has 0 fully saturated rings. The van der Waals surface area contributed by atoms with E-state index in [1.165, 1.54) is 0 Å². The van der Waals surface area contributed by atoms with Crippen molar-refractivity contribution in [3.05, 3.63) is 57.5 Å². The number of hydrogen-bond acceptors (Lipinski definition) is 0. The van der Waals surface area contributed by atoms with Crippen LogP contribution in [0.4, 0.5) is 0 Å². The Morgan fingerprint density at radius 1 is 0.933 bits per heavy atom. The van der Waals surface area contributed by atoms with E-state index in [4.69, 9.17) is 34.8 Å². The molecule has 0 saturated heterocycles. The summed E-state index contributed by atoms with van der Waals surface area (Å²) >= 11 is 17.8. The quantitative estimate of drug-likeness (QED) is 0.665. The van der Waals surface area contributed by atoms with Gasteiger partial charge in [-0.25, -0.2) is 0 Å². The van der Waals surface area contributed by atoms with E-state index in [-0.39, 0.29) is 0 Å². The maximum atomic E-state index is 6.07. The van der Waals surface area contributed by atoms with Gasteiger partial charge in [-0.1, -0.05) is 46.9 Å². The summed E-state index contributed by atoms with van der Waals surface area (Å²) < 4.78 is 0. The highest BCUT2D eigenvalue weighted by molar-refractivity contribution is 6.35. The van der Waals surface area contributed by atoms with Crippen molar-refractivity contribution < 1.29 is 0 Å². The molecular formula is C12H6Cl3. The third-order valence-corrected chi connectivity index (χ3v) is 2.79. The van der Waals surface area contributed by atoms with E-state index in [9.17, 15) is 0 Å². The average Bonchev–Trinajstić information content (AvgIpc) is 2.22. The zero-order valence-electron chi connectivity index (χ0n) is 7.60. The van der Waals surface area contributed by atoms with Crippen LogP contribution in [-0.2, 0) is 0 Å². The Morgan fingerprint density at radius 3 is 2.47 bits per heavy atom. The van der Waals surface area contributed by atoms with Crippen LogP contribution in [0.5, 0.6) is 0 Å². The van der Waals surface area contributed by atoms with Crippen molar-refractivity contribution in [2.45, 2.75) is 0 Å². The molecule has 0 aromatic heterocycles. The Balaban J connectivity index is 2.58. The molecule has 0 heterocycles. The molecule has 0 unspecified atom stereocenters.